The average molecular weight is 235 g/mol. The molecular formula is C11H17N5O. The molecule has 17 heavy (non-hydrogen) atoms. The van der Waals surface area contributed by atoms with Crippen molar-refractivity contribution >= 4 is 11.8 Å². The standard InChI is InChI=1S/C11H17N5O/c1-15-10(17)3-9(13)14-11(15)16-4-6-2-8(12)7(6)5-16/h3,6-8H,2,4-5,12-13H2,1H3. The van der Waals surface area contributed by atoms with Gasteiger partial charge >= 0.3 is 0 Å². The van der Waals surface area contributed by atoms with Crippen LogP contribution in [0.25, 0.3) is 0 Å². The van der Waals surface area contributed by atoms with Crippen LogP contribution in [-0.2, 0) is 7.05 Å². The molecule has 1 aliphatic heterocycles. The minimum atomic E-state index is -0.115. The monoisotopic (exact) mass is 235 g/mol. The molecule has 3 atom stereocenters. The fourth-order valence-electron chi connectivity index (χ4n) is 2.95. The molecule has 92 valence electrons. The fourth-order valence-corrected chi connectivity index (χ4v) is 2.95. The minimum Gasteiger partial charge on any atom is -0.383 e. The molecule has 1 aromatic rings. The van der Waals surface area contributed by atoms with Crippen molar-refractivity contribution in [1.82, 2.24) is 9.55 Å². The highest BCUT2D eigenvalue weighted by Gasteiger charge is 2.45. The molecule has 3 rings (SSSR count). The Morgan fingerprint density at radius 3 is 2.88 bits per heavy atom. The van der Waals surface area contributed by atoms with E-state index in [4.69, 9.17) is 11.5 Å². The van der Waals surface area contributed by atoms with Crippen molar-refractivity contribution < 1.29 is 0 Å². The predicted octanol–water partition coefficient (Wildman–Crippen LogP) is -0.854. The van der Waals surface area contributed by atoms with Gasteiger partial charge in [-0.15, -0.1) is 0 Å². The molecule has 0 amide bonds. The lowest BCUT2D eigenvalue weighted by molar-refractivity contribution is 0.194. The Bertz CT molecular complexity index is 511. The highest BCUT2D eigenvalue weighted by atomic mass is 16.1. The predicted molar refractivity (Wildman–Crippen MR) is 65.7 cm³/mol. The summed E-state index contributed by atoms with van der Waals surface area (Å²) in [4.78, 5) is 18.0. The lowest BCUT2D eigenvalue weighted by Gasteiger charge is -2.35. The van der Waals surface area contributed by atoms with Crippen molar-refractivity contribution in [3.63, 3.8) is 0 Å². The maximum Gasteiger partial charge on any atom is 0.256 e. The van der Waals surface area contributed by atoms with Crippen LogP contribution >= 0.6 is 0 Å². The summed E-state index contributed by atoms with van der Waals surface area (Å²) in [6, 6.07) is 1.66. The second-order valence-corrected chi connectivity index (χ2v) is 5.11. The van der Waals surface area contributed by atoms with Gasteiger partial charge in [0.25, 0.3) is 5.56 Å². The van der Waals surface area contributed by atoms with E-state index in [2.05, 4.69) is 9.88 Å². The van der Waals surface area contributed by atoms with Crippen molar-refractivity contribution in [3.8, 4) is 0 Å². The summed E-state index contributed by atoms with van der Waals surface area (Å²) in [5.41, 5.74) is 11.5. The molecule has 1 aliphatic carbocycles. The van der Waals surface area contributed by atoms with E-state index in [-0.39, 0.29) is 11.4 Å². The quantitative estimate of drug-likeness (QED) is 0.661. The summed E-state index contributed by atoms with van der Waals surface area (Å²) in [5, 5.41) is 0. The first kappa shape index (κ1) is 10.6. The zero-order valence-corrected chi connectivity index (χ0v) is 9.84. The Morgan fingerprint density at radius 2 is 2.24 bits per heavy atom. The Morgan fingerprint density at radius 1 is 1.47 bits per heavy atom. The van der Waals surface area contributed by atoms with Crippen LogP contribution in [0.3, 0.4) is 0 Å². The highest BCUT2D eigenvalue weighted by molar-refractivity contribution is 5.41. The smallest absolute Gasteiger partial charge is 0.256 e. The number of nitrogen functional groups attached to an aromatic ring is 1. The number of rotatable bonds is 1. The number of nitrogens with two attached hydrogens (primary N) is 2. The molecule has 3 unspecified atom stereocenters. The largest absolute Gasteiger partial charge is 0.383 e. The van der Waals surface area contributed by atoms with Crippen LogP contribution < -0.4 is 21.9 Å². The van der Waals surface area contributed by atoms with Gasteiger partial charge in [-0.25, -0.2) is 0 Å². The molecule has 6 nitrogen and oxygen atoms in total. The number of aromatic nitrogens is 2. The number of nitrogens with zero attached hydrogens (tertiary/aromatic N) is 3. The molecule has 2 fully saturated rings. The first-order valence-corrected chi connectivity index (χ1v) is 5.90. The van der Waals surface area contributed by atoms with E-state index in [1.54, 1.807) is 11.6 Å². The van der Waals surface area contributed by atoms with Gasteiger partial charge in [0, 0.05) is 32.2 Å². The van der Waals surface area contributed by atoms with Gasteiger partial charge in [-0.3, -0.25) is 9.36 Å². The van der Waals surface area contributed by atoms with Crippen LogP contribution in [0.4, 0.5) is 11.8 Å². The highest BCUT2D eigenvalue weighted by Crippen LogP contribution is 2.40. The Kier molecular flexibility index (Phi) is 2.16. The second-order valence-electron chi connectivity index (χ2n) is 5.11. The van der Waals surface area contributed by atoms with E-state index < -0.39 is 0 Å². The van der Waals surface area contributed by atoms with E-state index >= 15 is 0 Å². The molecule has 6 heteroatoms. The van der Waals surface area contributed by atoms with Gasteiger partial charge in [0.1, 0.15) is 5.82 Å². The first-order valence-electron chi connectivity index (χ1n) is 5.90. The Hall–Kier alpha value is -1.56. The van der Waals surface area contributed by atoms with Crippen molar-refractivity contribution in [2.75, 3.05) is 23.7 Å². The van der Waals surface area contributed by atoms with Crippen LogP contribution in [0.5, 0.6) is 0 Å². The molecule has 2 aliphatic rings. The Labute approximate surface area is 99.2 Å². The molecule has 2 heterocycles. The normalized spacial score (nSPS) is 31.2. The number of hydrogen-bond donors (Lipinski definition) is 2. The van der Waals surface area contributed by atoms with Gasteiger partial charge in [-0.1, -0.05) is 0 Å². The summed E-state index contributed by atoms with van der Waals surface area (Å²) in [5.74, 6) is 2.15. The van der Waals surface area contributed by atoms with Gasteiger partial charge in [0.2, 0.25) is 5.95 Å². The minimum absolute atomic E-state index is 0.115. The van der Waals surface area contributed by atoms with Crippen LogP contribution in [0, 0.1) is 11.8 Å². The van der Waals surface area contributed by atoms with Crippen molar-refractivity contribution in [3.05, 3.63) is 16.4 Å². The number of anilines is 2. The molecule has 0 radical (unpaired) electrons. The third-order valence-corrected chi connectivity index (χ3v) is 4.03. The lowest BCUT2D eigenvalue weighted by atomic mass is 9.72. The SMILES string of the molecule is Cn1c(N2CC3CC(N)C3C2)nc(N)cc1=O. The van der Waals surface area contributed by atoms with Crippen molar-refractivity contribution in [2.45, 2.75) is 12.5 Å². The first-order chi connectivity index (χ1) is 8.06. The molecule has 0 spiro atoms. The summed E-state index contributed by atoms with van der Waals surface area (Å²) in [7, 11) is 1.73. The van der Waals surface area contributed by atoms with E-state index in [9.17, 15) is 4.79 Å². The number of fused-ring (bicyclic) bond motifs is 1. The van der Waals surface area contributed by atoms with Crippen LogP contribution in [0.1, 0.15) is 6.42 Å². The van der Waals surface area contributed by atoms with Crippen LogP contribution in [0.15, 0.2) is 10.9 Å². The third kappa shape index (κ3) is 1.51. The molecule has 1 aromatic heterocycles. The maximum atomic E-state index is 11.7. The van der Waals surface area contributed by atoms with Gasteiger partial charge in [-0.05, 0) is 18.3 Å². The van der Waals surface area contributed by atoms with Gasteiger partial charge < -0.3 is 16.4 Å². The van der Waals surface area contributed by atoms with Gasteiger partial charge in [0.05, 0.1) is 0 Å². The summed E-state index contributed by atoms with van der Waals surface area (Å²) >= 11 is 0. The zero-order valence-electron chi connectivity index (χ0n) is 9.84. The topological polar surface area (TPSA) is 90.2 Å². The molecule has 1 saturated carbocycles. The molecule has 0 aromatic carbocycles. The Balaban J connectivity index is 1.93. The summed E-state index contributed by atoms with van der Waals surface area (Å²) < 4.78 is 1.55. The van der Waals surface area contributed by atoms with Crippen molar-refractivity contribution in [1.29, 1.82) is 0 Å². The van der Waals surface area contributed by atoms with Crippen molar-refractivity contribution in [2.24, 2.45) is 24.6 Å². The zero-order chi connectivity index (χ0) is 12.2. The molecule has 0 bridgehead atoms. The molecule has 1 saturated heterocycles. The maximum absolute atomic E-state index is 11.7. The average Bonchev–Trinajstić information content (AvgIpc) is 2.61. The molecular weight excluding hydrogens is 218 g/mol. The lowest BCUT2D eigenvalue weighted by Crippen LogP contribution is -2.46. The van der Waals surface area contributed by atoms with E-state index in [1.807, 2.05) is 0 Å². The second kappa shape index (κ2) is 3.46. The van der Waals surface area contributed by atoms with Crippen LogP contribution in [-0.4, -0.2) is 28.7 Å². The van der Waals surface area contributed by atoms with E-state index in [0.29, 0.717) is 23.8 Å². The van der Waals surface area contributed by atoms with Gasteiger partial charge in [0.15, 0.2) is 0 Å². The number of hydrogen-bond acceptors (Lipinski definition) is 5. The fraction of sp³-hybridized carbons (Fsp3) is 0.636. The summed E-state index contributed by atoms with van der Waals surface area (Å²) in [6.07, 6.45) is 1.08. The molecule has 4 N–H and O–H groups in total. The summed E-state index contributed by atoms with van der Waals surface area (Å²) in [6.45, 7) is 1.82. The van der Waals surface area contributed by atoms with Gasteiger partial charge in [-0.2, -0.15) is 4.98 Å². The van der Waals surface area contributed by atoms with Crippen LogP contribution in [0.2, 0.25) is 0 Å². The van der Waals surface area contributed by atoms with E-state index in [0.717, 1.165) is 19.5 Å². The third-order valence-electron chi connectivity index (χ3n) is 4.03. The van der Waals surface area contributed by atoms with E-state index in [1.165, 1.54) is 6.07 Å².